The van der Waals surface area contributed by atoms with Crippen molar-refractivity contribution >= 4 is 0 Å². The minimum absolute atomic E-state index is 0.260. The van der Waals surface area contributed by atoms with Crippen LogP contribution in [-0.2, 0) is 0 Å². The van der Waals surface area contributed by atoms with Gasteiger partial charge in [0.2, 0.25) is 0 Å². The number of aliphatic hydroxyl groups excluding tert-OH is 1. The van der Waals surface area contributed by atoms with Crippen LogP contribution in [0.2, 0.25) is 0 Å². The molecule has 1 rings (SSSR count). The summed E-state index contributed by atoms with van der Waals surface area (Å²) in [5.74, 6) is 0.791. The molecular formula is C26H38O. The van der Waals surface area contributed by atoms with Gasteiger partial charge < -0.3 is 5.11 Å². The molecule has 148 valence electrons. The molecule has 1 N–H and O–H groups in total. The van der Waals surface area contributed by atoms with Gasteiger partial charge in [-0.25, -0.2) is 0 Å². The van der Waals surface area contributed by atoms with Gasteiger partial charge in [-0.2, -0.15) is 0 Å². The third kappa shape index (κ3) is 13.0. The van der Waals surface area contributed by atoms with Crippen LogP contribution in [0.25, 0.3) is 0 Å². The second kappa shape index (κ2) is 15.2. The fraction of sp³-hybridized carbons (Fsp3) is 0.462. The molecule has 1 aliphatic carbocycles. The first-order valence-electron chi connectivity index (χ1n) is 10.4. The van der Waals surface area contributed by atoms with Crippen LogP contribution >= 0.6 is 0 Å². The van der Waals surface area contributed by atoms with Gasteiger partial charge in [0.15, 0.2) is 0 Å². The highest BCUT2D eigenvalue weighted by molar-refractivity contribution is 5.30. The summed E-state index contributed by atoms with van der Waals surface area (Å²) in [5, 5.41) is 8.76. The SMILES string of the molecule is CC(/C=C/C=C(C)/C=C/CCCO)=C\C=C\C=C(C)\C=C\C1CCCCC1. The van der Waals surface area contributed by atoms with E-state index in [1.54, 1.807) is 0 Å². The summed E-state index contributed by atoms with van der Waals surface area (Å²) in [6.07, 6.45) is 32.4. The van der Waals surface area contributed by atoms with Gasteiger partial charge in [0.1, 0.15) is 0 Å². The van der Waals surface area contributed by atoms with Crippen LogP contribution in [0.5, 0.6) is 0 Å². The molecule has 0 radical (unpaired) electrons. The zero-order valence-electron chi connectivity index (χ0n) is 17.5. The van der Waals surface area contributed by atoms with Crippen LogP contribution in [0.1, 0.15) is 65.7 Å². The van der Waals surface area contributed by atoms with Crippen LogP contribution in [0.3, 0.4) is 0 Å². The molecule has 0 unspecified atom stereocenters. The Labute approximate surface area is 167 Å². The maximum Gasteiger partial charge on any atom is 0.0433 e. The molecule has 1 aliphatic rings. The molecule has 0 aliphatic heterocycles. The van der Waals surface area contributed by atoms with E-state index in [1.807, 2.05) is 0 Å². The standard InChI is InChI=1S/C26H38O/c1-23(13-6-5-11-22-27)16-12-17-24(2)14-9-10-15-25(3)20-21-26-18-7-4-8-19-26/h6,9-10,12-17,20-21,26-27H,4-5,7-8,11,18-19,22H2,1-3H3/b10-9+,13-6+,17-12+,21-20+,23-16+,24-14+,25-15+. The third-order valence-corrected chi connectivity index (χ3v) is 4.74. The number of allylic oxidation sites excluding steroid dienone is 14. The molecule has 0 spiro atoms. The number of aliphatic hydroxyl groups is 1. The number of hydrogen-bond acceptors (Lipinski definition) is 1. The minimum atomic E-state index is 0.260. The molecule has 1 fully saturated rings. The predicted octanol–water partition coefficient (Wildman–Crippen LogP) is 7.40. The number of unbranched alkanes of at least 4 members (excludes halogenated alkanes) is 1. The van der Waals surface area contributed by atoms with E-state index in [2.05, 4.69) is 87.6 Å². The first kappa shape index (κ1) is 23.2. The summed E-state index contributed by atoms with van der Waals surface area (Å²) in [6.45, 7) is 6.63. The summed E-state index contributed by atoms with van der Waals surface area (Å²) in [5.41, 5.74) is 3.75. The average molecular weight is 367 g/mol. The van der Waals surface area contributed by atoms with Gasteiger partial charge in [0, 0.05) is 6.61 Å². The normalized spacial score (nSPS) is 18.7. The highest BCUT2D eigenvalue weighted by Crippen LogP contribution is 2.24. The van der Waals surface area contributed by atoms with Crippen molar-refractivity contribution in [3.8, 4) is 0 Å². The Morgan fingerprint density at radius 1 is 0.778 bits per heavy atom. The topological polar surface area (TPSA) is 20.2 Å². The summed E-state index contributed by atoms with van der Waals surface area (Å²) >= 11 is 0. The summed E-state index contributed by atoms with van der Waals surface area (Å²) in [4.78, 5) is 0. The maximum absolute atomic E-state index is 8.76. The molecule has 0 heterocycles. The van der Waals surface area contributed by atoms with E-state index in [4.69, 9.17) is 5.11 Å². The Hall–Kier alpha value is -1.86. The van der Waals surface area contributed by atoms with E-state index in [-0.39, 0.29) is 6.61 Å². The quantitative estimate of drug-likeness (QED) is 0.315. The molecule has 1 heteroatoms. The highest BCUT2D eigenvalue weighted by Gasteiger charge is 2.09. The largest absolute Gasteiger partial charge is 0.396 e. The predicted molar refractivity (Wildman–Crippen MR) is 121 cm³/mol. The van der Waals surface area contributed by atoms with Gasteiger partial charge in [-0.05, 0) is 52.4 Å². The van der Waals surface area contributed by atoms with Crippen LogP contribution in [0.15, 0.2) is 83.6 Å². The first-order valence-corrected chi connectivity index (χ1v) is 10.4. The van der Waals surface area contributed by atoms with E-state index in [9.17, 15) is 0 Å². The summed E-state index contributed by atoms with van der Waals surface area (Å²) in [7, 11) is 0. The van der Waals surface area contributed by atoms with Crippen molar-refractivity contribution in [2.75, 3.05) is 6.61 Å². The molecule has 0 atom stereocenters. The lowest BCUT2D eigenvalue weighted by molar-refractivity contribution is 0.289. The summed E-state index contributed by atoms with van der Waals surface area (Å²) in [6, 6.07) is 0. The highest BCUT2D eigenvalue weighted by atomic mass is 16.2. The fourth-order valence-electron chi connectivity index (χ4n) is 3.03. The van der Waals surface area contributed by atoms with Crippen LogP contribution < -0.4 is 0 Å². The van der Waals surface area contributed by atoms with Crippen LogP contribution in [-0.4, -0.2) is 11.7 Å². The molecule has 0 aromatic heterocycles. The van der Waals surface area contributed by atoms with E-state index >= 15 is 0 Å². The third-order valence-electron chi connectivity index (χ3n) is 4.74. The van der Waals surface area contributed by atoms with Gasteiger partial charge >= 0.3 is 0 Å². The molecule has 0 aromatic rings. The zero-order chi connectivity index (χ0) is 19.7. The van der Waals surface area contributed by atoms with Crippen molar-refractivity contribution in [1.29, 1.82) is 0 Å². The van der Waals surface area contributed by atoms with Crippen molar-refractivity contribution < 1.29 is 5.11 Å². The van der Waals surface area contributed by atoms with Crippen molar-refractivity contribution in [3.63, 3.8) is 0 Å². The van der Waals surface area contributed by atoms with Gasteiger partial charge in [-0.1, -0.05) is 103 Å². The zero-order valence-corrected chi connectivity index (χ0v) is 17.5. The molecular weight excluding hydrogens is 328 g/mol. The number of hydrogen-bond donors (Lipinski definition) is 1. The Balaban J connectivity index is 2.40. The second-order valence-corrected chi connectivity index (χ2v) is 7.50. The lowest BCUT2D eigenvalue weighted by Crippen LogP contribution is -2.02. The van der Waals surface area contributed by atoms with Gasteiger partial charge in [-0.15, -0.1) is 0 Å². The second-order valence-electron chi connectivity index (χ2n) is 7.50. The van der Waals surface area contributed by atoms with E-state index in [1.165, 1.54) is 48.8 Å². The molecule has 0 bridgehead atoms. The van der Waals surface area contributed by atoms with Crippen LogP contribution in [0, 0.1) is 5.92 Å². The molecule has 0 amide bonds. The van der Waals surface area contributed by atoms with E-state index < -0.39 is 0 Å². The van der Waals surface area contributed by atoms with Gasteiger partial charge in [0.25, 0.3) is 0 Å². The minimum Gasteiger partial charge on any atom is -0.396 e. The molecule has 27 heavy (non-hydrogen) atoms. The Bertz CT molecular complexity index is 602. The van der Waals surface area contributed by atoms with Gasteiger partial charge in [-0.3, -0.25) is 0 Å². The lowest BCUT2D eigenvalue weighted by Gasteiger charge is -2.17. The van der Waals surface area contributed by atoms with E-state index in [0.29, 0.717) is 0 Å². The maximum atomic E-state index is 8.76. The van der Waals surface area contributed by atoms with Gasteiger partial charge in [0.05, 0.1) is 0 Å². The smallest absolute Gasteiger partial charge is 0.0433 e. The lowest BCUT2D eigenvalue weighted by atomic mass is 9.89. The molecule has 1 saturated carbocycles. The molecule has 0 saturated heterocycles. The van der Waals surface area contributed by atoms with Crippen molar-refractivity contribution in [1.82, 2.24) is 0 Å². The molecule has 1 nitrogen and oxygen atoms in total. The Morgan fingerprint density at radius 2 is 1.37 bits per heavy atom. The summed E-state index contributed by atoms with van der Waals surface area (Å²) < 4.78 is 0. The van der Waals surface area contributed by atoms with Crippen molar-refractivity contribution in [2.45, 2.75) is 65.7 Å². The first-order chi connectivity index (χ1) is 13.1. The Morgan fingerprint density at radius 3 is 2.04 bits per heavy atom. The average Bonchev–Trinajstić information content (AvgIpc) is 2.68. The number of rotatable bonds is 10. The fourth-order valence-corrected chi connectivity index (χ4v) is 3.03. The van der Waals surface area contributed by atoms with Crippen molar-refractivity contribution in [3.05, 3.63) is 83.6 Å². The monoisotopic (exact) mass is 366 g/mol. The van der Waals surface area contributed by atoms with E-state index in [0.717, 1.165) is 18.8 Å². The molecule has 0 aromatic carbocycles. The van der Waals surface area contributed by atoms with Crippen molar-refractivity contribution in [2.24, 2.45) is 5.92 Å². The van der Waals surface area contributed by atoms with Crippen LogP contribution in [0.4, 0.5) is 0 Å². The Kier molecular flexibility index (Phi) is 13.1.